The van der Waals surface area contributed by atoms with Crippen molar-refractivity contribution in [2.75, 3.05) is 0 Å². The van der Waals surface area contributed by atoms with E-state index in [4.69, 9.17) is 12.2 Å². The molecule has 2 nitrogen and oxygen atoms in total. The summed E-state index contributed by atoms with van der Waals surface area (Å²) >= 11 is 4.87. The maximum Gasteiger partial charge on any atom is 0.416 e. The van der Waals surface area contributed by atoms with E-state index in [0.717, 1.165) is 12.1 Å². The van der Waals surface area contributed by atoms with Crippen molar-refractivity contribution in [3.8, 4) is 11.3 Å². The van der Waals surface area contributed by atoms with Crippen LogP contribution in [0.1, 0.15) is 5.56 Å². The number of hydrogen-bond acceptors (Lipinski definition) is 2. The molecule has 2 aromatic rings. The summed E-state index contributed by atoms with van der Waals surface area (Å²) in [6.07, 6.45) is -2.90. The smallest absolute Gasteiger partial charge is 0.346 e. The lowest BCUT2D eigenvalue weighted by Crippen LogP contribution is -2.04. The molecule has 88 valence electrons. The van der Waals surface area contributed by atoms with Gasteiger partial charge in [-0.3, -0.25) is 0 Å². The molecular formula is C11H7F3N2S. The highest BCUT2D eigenvalue weighted by molar-refractivity contribution is 7.71. The maximum absolute atomic E-state index is 12.4. The normalized spacial score (nSPS) is 11.5. The Kier molecular flexibility index (Phi) is 2.97. The van der Waals surface area contributed by atoms with Gasteiger partial charge in [0.05, 0.1) is 11.9 Å². The molecule has 0 fully saturated rings. The largest absolute Gasteiger partial charge is 0.416 e. The standard InChI is InChI=1S/C11H7F3N2S/c12-11(13,14)8-3-1-7(2-4-8)9-5-10(17)16-6-15-9/h1-6H,(H,15,16,17). The lowest BCUT2D eigenvalue weighted by atomic mass is 10.1. The van der Waals surface area contributed by atoms with Crippen LogP contribution in [0.2, 0.25) is 0 Å². The summed E-state index contributed by atoms with van der Waals surface area (Å²) in [5, 5.41) is 0. The van der Waals surface area contributed by atoms with Gasteiger partial charge in [0.2, 0.25) is 0 Å². The molecule has 0 radical (unpaired) electrons. The minimum absolute atomic E-state index is 0.388. The Balaban J connectivity index is 2.39. The first-order valence-corrected chi connectivity index (χ1v) is 5.10. The summed E-state index contributed by atoms with van der Waals surface area (Å²) in [6, 6.07) is 6.45. The Hall–Kier alpha value is -1.69. The van der Waals surface area contributed by atoms with Gasteiger partial charge in [-0.05, 0) is 23.8 Å². The monoisotopic (exact) mass is 256 g/mol. The summed E-state index contributed by atoms with van der Waals surface area (Å²) in [7, 11) is 0. The van der Waals surface area contributed by atoms with Crippen LogP contribution in [0.5, 0.6) is 0 Å². The van der Waals surface area contributed by atoms with Gasteiger partial charge < -0.3 is 4.98 Å². The highest BCUT2D eigenvalue weighted by Gasteiger charge is 2.29. The first kappa shape index (κ1) is 11.8. The van der Waals surface area contributed by atoms with E-state index in [1.165, 1.54) is 18.5 Å². The second-order valence-electron chi connectivity index (χ2n) is 3.37. The molecule has 0 amide bonds. The van der Waals surface area contributed by atoms with Crippen molar-refractivity contribution in [1.82, 2.24) is 9.97 Å². The van der Waals surface area contributed by atoms with Crippen molar-refractivity contribution in [1.29, 1.82) is 0 Å². The lowest BCUT2D eigenvalue weighted by molar-refractivity contribution is -0.137. The van der Waals surface area contributed by atoms with Crippen LogP contribution in [-0.2, 0) is 6.18 Å². The SMILES string of the molecule is FC(F)(F)c1ccc(-c2cc(=S)nc[nH]2)cc1. The lowest BCUT2D eigenvalue weighted by Gasteiger charge is -2.07. The molecule has 17 heavy (non-hydrogen) atoms. The highest BCUT2D eigenvalue weighted by atomic mass is 32.1. The molecule has 0 aliphatic heterocycles. The van der Waals surface area contributed by atoms with E-state index in [-0.39, 0.29) is 0 Å². The number of halogens is 3. The van der Waals surface area contributed by atoms with Gasteiger partial charge in [0.15, 0.2) is 0 Å². The molecule has 1 N–H and O–H groups in total. The molecule has 0 saturated heterocycles. The molecule has 0 unspecified atom stereocenters. The average Bonchev–Trinajstić information content (AvgIpc) is 2.28. The first-order chi connectivity index (χ1) is 7.97. The van der Waals surface area contributed by atoms with Crippen LogP contribution in [-0.4, -0.2) is 9.97 Å². The summed E-state index contributed by atoms with van der Waals surface area (Å²) < 4.78 is 37.4. The van der Waals surface area contributed by atoms with Gasteiger partial charge in [-0.25, -0.2) is 4.98 Å². The molecule has 1 heterocycles. The van der Waals surface area contributed by atoms with Crippen molar-refractivity contribution >= 4 is 12.2 Å². The molecular weight excluding hydrogens is 249 g/mol. The van der Waals surface area contributed by atoms with E-state index in [1.807, 2.05) is 0 Å². The summed E-state index contributed by atoms with van der Waals surface area (Å²) in [6.45, 7) is 0. The number of H-pyrrole nitrogens is 1. The van der Waals surface area contributed by atoms with Gasteiger partial charge in [-0.15, -0.1) is 0 Å². The van der Waals surface area contributed by atoms with Crippen LogP contribution in [0.25, 0.3) is 11.3 Å². The van der Waals surface area contributed by atoms with Crippen LogP contribution in [0.15, 0.2) is 36.7 Å². The second kappa shape index (κ2) is 4.29. The minimum atomic E-state index is -4.32. The molecule has 0 aliphatic rings. The Labute approximate surface area is 100 Å². The fourth-order valence-corrected chi connectivity index (χ4v) is 1.54. The van der Waals surface area contributed by atoms with Gasteiger partial charge in [0.25, 0.3) is 0 Å². The zero-order chi connectivity index (χ0) is 12.5. The van der Waals surface area contributed by atoms with Gasteiger partial charge >= 0.3 is 6.18 Å². The van der Waals surface area contributed by atoms with Crippen molar-refractivity contribution in [3.63, 3.8) is 0 Å². The van der Waals surface area contributed by atoms with Crippen LogP contribution in [0.3, 0.4) is 0 Å². The number of benzene rings is 1. The Morgan fingerprint density at radius 3 is 2.29 bits per heavy atom. The van der Waals surface area contributed by atoms with Crippen LogP contribution >= 0.6 is 12.2 Å². The Morgan fingerprint density at radius 2 is 1.76 bits per heavy atom. The summed E-state index contributed by atoms with van der Waals surface area (Å²) in [5.74, 6) is 0. The predicted molar refractivity (Wildman–Crippen MR) is 59.9 cm³/mol. The van der Waals surface area contributed by atoms with Gasteiger partial charge in [0, 0.05) is 5.69 Å². The van der Waals surface area contributed by atoms with Gasteiger partial charge in [0.1, 0.15) is 4.64 Å². The molecule has 0 atom stereocenters. The molecule has 0 saturated carbocycles. The third kappa shape index (κ3) is 2.71. The third-order valence-corrected chi connectivity index (χ3v) is 2.43. The summed E-state index contributed by atoms with van der Waals surface area (Å²) in [4.78, 5) is 6.63. The highest BCUT2D eigenvalue weighted by Crippen LogP contribution is 2.30. The van der Waals surface area contributed by atoms with Gasteiger partial charge in [-0.1, -0.05) is 24.4 Å². The van der Waals surface area contributed by atoms with Crippen LogP contribution in [0.4, 0.5) is 13.2 Å². The fraction of sp³-hybridized carbons (Fsp3) is 0.0909. The van der Waals surface area contributed by atoms with E-state index in [0.29, 0.717) is 15.9 Å². The van der Waals surface area contributed by atoms with E-state index in [9.17, 15) is 13.2 Å². The molecule has 2 rings (SSSR count). The zero-order valence-corrected chi connectivity index (χ0v) is 9.27. The minimum Gasteiger partial charge on any atom is -0.346 e. The molecule has 0 spiro atoms. The zero-order valence-electron chi connectivity index (χ0n) is 8.45. The number of aromatic amines is 1. The van der Waals surface area contributed by atoms with Crippen molar-refractivity contribution in [2.24, 2.45) is 0 Å². The van der Waals surface area contributed by atoms with E-state index in [2.05, 4.69) is 9.97 Å². The number of aromatic nitrogens is 2. The molecule has 1 aromatic heterocycles. The predicted octanol–water partition coefficient (Wildman–Crippen LogP) is 3.82. The quantitative estimate of drug-likeness (QED) is 0.786. The van der Waals surface area contributed by atoms with Crippen molar-refractivity contribution in [2.45, 2.75) is 6.18 Å². The Morgan fingerprint density at radius 1 is 1.12 bits per heavy atom. The Bertz CT molecular complexity index is 572. The van der Waals surface area contributed by atoms with Crippen LogP contribution < -0.4 is 0 Å². The molecule has 6 heteroatoms. The van der Waals surface area contributed by atoms with E-state index >= 15 is 0 Å². The number of rotatable bonds is 1. The first-order valence-electron chi connectivity index (χ1n) is 4.69. The van der Waals surface area contributed by atoms with E-state index in [1.54, 1.807) is 6.07 Å². The third-order valence-electron chi connectivity index (χ3n) is 2.20. The maximum atomic E-state index is 12.4. The molecule has 0 bridgehead atoms. The van der Waals surface area contributed by atoms with Crippen molar-refractivity contribution < 1.29 is 13.2 Å². The fourth-order valence-electron chi connectivity index (χ4n) is 1.37. The molecule has 0 aliphatic carbocycles. The van der Waals surface area contributed by atoms with Gasteiger partial charge in [-0.2, -0.15) is 13.2 Å². The number of alkyl halides is 3. The number of nitrogens with zero attached hydrogens (tertiary/aromatic N) is 1. The molecule has 1 aromatic carbocycles. The average molecular weight is 256 g/mol. The van der Waals surface area contributed by atoms with Crippen molar-refractivity contribution in [3.05, 3.63) is 46.9 Å². The number of nitrogens with one attached hydrogen (secondary N) is 1. The summed E-state index contributed by atoms with van der Waals surface area (Å²) in [5.41, 5.74) is 0.596. The van der Waals surface area contributed by atoms with E-state index < -0.39 is 11.7 Å². The van der Waals surface area contributed by atoms with Crippen LogP contribution in [0, 0.1) is 4.64 Å². The second-order valence-corrected chi connectivity index (χ2v) is 3.79. The topological polar surface area (TPSA) is 28.7 Å². The number of hydrogen-bond donors (Lipinski definition) is 1.